The number of anilines is 3. The fraction of sp³-hybridized carbons (Fsp3) is 0.0556. The summed E-state index contributed by atoms with van der Waals surface area (Å²) in [5.41, 5.74) is 8.98. The molecule has 2 aromatic carbocycles. The standard InChI is InChI=1S/C18H16N6O/c1-25-15-7-5-14(6-8-15)24-18-16(10-22-24)17(20-11-21-18)23-13-4-2-3-12(19)9-13/h2-11H,19H2,1H3,(H,20,21,23). The van der Waals surface area contributed by atoms with Gasteiger partial charge < -0.3 is 15.8 Å². The number of fused-ring (bicyclic) bond motifs is 1. The molecule has 0 fully saturated rings. The lowest BCUT2D eigenvalue weighted by molar-refractivity contribution is 0.414. The molecule has 124 valence electrons. The highest BCUT2D eigenvalue weighted by molar-refractivity contribution is 5.89. The maximum Gasteiger partial charge on any atom is 0.168 e. The number of aromatic nitrogens is 4. The Bertz CT molecular complexity index is 1030. The first-order valence-electron chi connectivity index (χ1n) is 7.70. The molecule has 25 heavy (non-hydrogen) atoms. The Kier molecular flexibility index (Phi) is 3.66. The molecule has 2 heterocycles. The first-order chi connectivity index (χ1) is 12.2. The third-order valence-corrected chi connectivity index (χ3v) is 3.83. The van der Waals surface area contributed by atoms with Crippen LogP contribution in [0.5, 0.6) is 5.75 Å². The normalized spacial score (nSPS) is 10.8. The molecule has 7 heteroatoms. The van der Waals surface area contributed by atoms with Crippen LogP contribution in [-0.4, -0.2) is 26.9 Å². The Balaban J connectivity index is 1.74. The SMILES string of the molecule is COc1ccc(-n2ncc3c(Nc4cccc(N)c4)ncnc32)cc1. The number of hydrogen-bond donors (Lipinski definition) is 2. The van der Waals surface area contributed by atoms with Crippen molar-refractivity contribution in [3.8, 4) is 11.4 Å². The smallest absolute Gasteiger partial charge is 0.168 e. The molecule has 0 bridgehead atoms. The summed E-state index contributed by atoms with van der Waals surface area (Å²) >= 11 is 0. The predicted molar refractivity (Wildman–Crippen MR) is 97.3 cm³/mol. The molecule has 7 nitrogen and oxygen atoms in total. The van der Waals surface area contributed by atoms with Crippen LogP contribution in [0.4, 0.5) is 17.2 Å². The Morgan fingerprint density at radius 3 is 2.68 bits per heavy atom. The van der Waals surface area contributed by atoms with Crippen LogP contribution in [0.3, 0.4) is 0 Å². The molecule has 0 saturated carbocycles. The van der Waals surface area contributed by atoms with E-state index in [1.165, 1.54) is 6.33 Å². The second-order valence-electron chi connectivity index (χ2n) is 5.46. The van der Waals surface area contributed by atoms with Crippen molar-refractivity contribution in [2.24, 2.45) is 0 Å². The van der Waals surface area contributed by atoms with E-state index in [0.717, 1.165) is 22.5 Å². The molecule has 0 atom stereocenters. The Labute approximate surface area is 144 Å². The van der Waals surface area contributed by atoms with Crippen molar-refractivity contribution in [3.63, 3.8) is 0 Å². The van der Waals surface area contributed by atoms with Crippen molar-refractivity contribution in [2.75, 3.05) is 18.2 Å². The van der Waals surface area contributed by atoms with E-state index in [1.807, 2.05) is 48.5 Å². The van der Waals surface area contributed by atoms with Crippen molar-refractivity contribution in [3.05, 3.63) is 61.1 Å². The molecule has 0 aliphatic heterocycles. The van der Waals surface area contributed by atoms with Gasteiger partial charge in [0, 0.05) is 11.4 Å². The zero-order valence-corrected chi connectivity index (χ0v) is 13.5. The van der Waals surface area contributed by atoms with Crippen LogP contribution in [0.15, 0.2) is 61.1 Å². The topological polar surface area (TPSA) is 90.9 Å². The molecule has 4 rings (SSSR count). The van der Waals surface area contributed by atoms with Crippen molar-refractivity contribution in [1.82, 2.24) is 19.7 Å². The van der Waals surface area contributed by atoms with Gasteiger partial charge in [-0.25, -0.2) is 14.6 Å². The van der Waals surface area contributed by atoms with Gasteiger partial charge in [-0.2, -0.15) is 5.10 Å². The van der Waals surface area contributed by atoms with E-state index in [4.69, 9.17) is 10.5 Å². The summed E-state index contributed by atoms with van der Waals surface area (Å²) in [4.78, 5) is 8.70. The highest BCUT2D eigenvalue weighted by Gasteiger charge is 2.11. The molecule has 0 amide bonds. The van der Waals surface area contributed by atoms with Crippen LogP contribution < -0.4 is 15.8 Å². The number of ether oxygens (including phenoxy) is 1. The monoisotopic (exact) mass is 332 g/mol. The number of nitrogens with zero attached hydrogens (tertiary/aromatic N) is 4. The van der Waals surface area contributed by atoms with Gasteiger partial charge in [-0.05, 0) is 42.5 Å². The summed E-state index contributed by atoms with van der Waals surface area (Å²) in [7, 11) is 1.64. The lowest BCUT2D eigenvalue weighted by Crippen LogP contribution is -2.00. The Morgan fingerprint density at radius 1 is 1.08 bits per heavy atom. The fourth-order valence-corrected chi connectivity index (χ4v) is 2.61. The third kappa shape index (κ3) is 2.83. The molecule has 0 radical (unpaired) electrons. The largest absolute Gasteiger partial charge is 0.497 e. The first kappa shape index (κ1) is 14.9. The molecular formula is C18H16N6O. The van der Waals surface area contributed by atoms with Crippen LogP contribution in [0.25, 0.3) is 16.7 Å². The molecule has 0 aliphatic carbocycles. The van der Waals surface area contributed by atoms with Gasteiger partial charge in [0.15, 0.2) is 5.65 Å². The van der Waals surface area contributed by atoms with Crippen molar-refractivity contribution >= 4 is 28.2 Å². The average molecular weight is 332 g/mol. The van der Waals surface area contributed by atoms with Crippen molar-refractivity contribution < 1.29 is 4.74 Å². The summed E-state index contributed by atoms with van der Waals surface area (Å²) in [6, 6.07) is 15.1. The van der Waals surface area contributed by atoms with E-state index in [-0.39, 0.29) is 0 Å². The van der Waals surface area contributed by atoms with Crippen LogP contribution in [0, 0.1) is 0 Å². The maximum absolute atomic E-state index is 5.83. The zero-order chi connectivity index (χ0) is 17.2. The molecule has 2 aromatic heterocycles. The lowest BCUT2D eigenvalue weighted by atomic mass is 10.2. The average Bonchev–Trinajstić information content (AvgIpc) is 3.07. The van der Waals surface area contributed by atoms with E-state index in [2.05, 4.69) is 20.4 Å². The lowest BCUT2D eigenvalue weighted by Gasteiger charge is -2.08. The zero-order valence-electron chi connectivity index (χ0n) is 13.5. The third-order valence-electron chi connectivity index (χ3n) is 3.83. The number of nitrogen functional groups attached to an aromatic ring is 1. The maximum atomic E-state index is 5.83. The highest BCUT2D eigenvalue weighted by atomic mass is 16.5. The number of rotatable bonds is 4. The van der Waals surface area contributed by atoms with Crippen LogP contribution in [0.2, 0.25) is 0 Å². The van der Waals surface area contributed by atoms with Gasteiger partial charge in [0.2, 0.25) is 0 Å². The molecule has 0 saturated heterocycles. The van der Waals surface area contributed by atoms with E-state index in [1.54, 1.807) is 18.0 Å². The Morgan fingerprint density at radius 2 is 1.92 bits per heavy atom. The number of methoxy groups -OCH3 is 1. The molecular weight excluding hydrogens is 316 g/mol. The minimum absolute atomic E-state index is 0.676. The second kappa shape index (κ2) is 6.12. The minimum Gasteiger partial charge on any atom is -0.497 e. The fourth-order valence-electron chi connectivity index (χ4n) is 2.61. The van der Waals surface area contributed by atoms with Gasteiger partial charge >= 0.3 is 0 Å². The first-order valence-corrected chi connectivity index (χ1v) is 7.70. The summed E-state index contributed by atoms with van der Waals surface area (Å²) in [5.74, 6) is 1.47. The predicted octanol–water partition coefficient (Wildman–Crippen LogP) is 3.15. The summed E-state index contributed by atoms with van der Waals surface area (Å²) in [5, 5.41) is 8.54. The number of hydrogen-bond acceptors (Lipinski definition) is 6. The number of nitrogens with one attached hydrogen (secondary N) is 1. The summed E-state index contributed by atoms with van der Waals surface area (Å²) < 4.78 is 6.96. The van der Waals surface area contributed by atoms with Gasteiger partial charge in [0.05, 0.1) is 24.4 Å². The molecule has 0 spiro atoms. The van der Waals surface area contributed by atoms with Gasteiger partial charge in [0.1, 0.15) is 17.9 Å². The van der Waals surface area contributed by atoms with E-state index in [0.29, 0.717) is 17.2 Å². The van der Waals surface area contributed by atoms with E-state index >= 15 is 0 Å². The van der Waals surface area contributed by atoms with Crippen LogP contribution >= 0.6 is 0 Å². The second-order valence-corrected chi connectivity index (χ2v) is 5.46. The number of benzene rings is 2. The van der Waals surface area contributed by atoms with E-state index in [9.17, 15) is 0 Å². The summed E-state index contributed by atoms with van der Waals surface area (Å²) in [6.07, 6.45) is 3.26. The van der Waals surface area contributed by atoms with E-state index < -0.39 is 0 Å². The molecule has 4 aromatic rings. The van der Waals surface area contributed by atoms with Crippen molar-refractivity contribution in [1.29, 1.82) is 0 Å². The minimum atomic E-state index is 0.676. The van der Waals surface area contributed by atoms with Crippen LogP contribution in [0.1, 0.15) is 0 Å². The van der Waals surface area contributed by atoms with Gasteiger partial charge in [-0.15, -0.1) is 0 Å². The van der Waals surface area contributed by atoms with Gasteiger partial charge in [-0.1, -0.05) is 6.07 Å². The summed E-state index contributed by atoms with van der Waals surface area (Å²) in [6.45, 7) is 0. The Hall–Kier alpha value is -3.61. The number of nitrogens with two attached hydrogens (primary N) is 1. The van der Waals surface area contributed by atoms with Gasteiger partial charge in [-0.3, -0.25) is 0 Å². The van der Waals surface area contributed by atoms with Crippen molar-refractivity contribution in [2.45, 2.75) is 0 Å². The highest BCUT2D eigenvalue weighted by Crippen LogP contribution is 2.25. The van der Waals surface area contributed by atoms with Gasteiger partial charge in [0.25, 0.3) is 0 Å². The van der Waals surface area contributed by atoms with Crippen LogP contribution in [-0.2, 0) is 0 Å². The molecule has 0 aliphatic rings. The molecule has 0 unspecified atom stereocenters. The quantitative estimate of drug-likeness (QED) is 0.558. The molecule has 3 N–H and O–H groups in total.